The van der Waals surface area contributed by atoms with E-state index in [0.29, 0.717) is 11.2 Å². The molecule has 172 valence electrons. The molecule has 1 heterocycles. The zero-order chi connectivity index (χ0) is 23.3. The van der Waals surface area contributed by atoms with E-state index >= 15 is 0 Å². The first-order valence-corrected chi connectivity index (χ1v) is 12.4. The first-order valence-electron chi connectivity index (χ1n) is 9.97. The number of esters is 3. The van der Waals surface area contributed by atoms with Gasteiger partial charge in [0.1, 0.15) is 11.5 Å². The third-order valence-corrected chi connectivity index (χ3v) is 6.34. The summed E-state index contributed by atoms with van der Waals surface area (Å²) >= 11 is 4.86. The van der Waals surface area contributed by atoms with Gasteiger partial charge in [0, 0.05) is 26.1 Å². The Bertz CT molecular complexity index is 813. The van der Waals surface area contributed by atoms with Crippen LogP contribution in [0.5, 0.6) is 0 Å². The maximum absolute atomic E-state index is 11.9. The van der Waals surface area contributed by atoms with Crippen LogP contribution in [0.2, 0.25) is 0 Å². The first kappa shape index (κ1) is 25.7. The second kappa shape index (κ2) is 11.3. The summed E-state index contributed by atoms with van der Waals surface area (Å²) in [4.78, 5) is 35.5. The van der Waals surface area contributed by atoms with Crippen LogP contribution in [-0.4, -0.2) is 47.9 Å². The Morgan fingerprint density at radius 3 is 2.03 bits per heavy atom. The minimum atomic E-state index is -1.02. The lowest BCUT2D eigenvalue weighted by molar-refractivity contribution is -0.233. The molecule has 0 aromatic heterocycles. The van der Waals surface area contributed by atoms with Gasteiger partial charge in [-0.15, -0.1) is 11.8 Å². The molecule has 0 radical (unpaired) electrons. The van der Waals surface area contributed by atoms with Crippen LogP contribution >= 0.6 is 27.7 Å². The van der Waals surface area contributed by atoms with Crippen LogP contribution in [0.3, 0.4) is 0 Å². The van der Waals surface area contributed by atoms with E-state index in [1.54, 1.807) is 6.26 Å². The van der Waals surface area contributed by atoms with E-state index in [1.807, 2.05) is 18.2 Å². The normalized spacial score (nSPS) is 25.7. The molecule has 1 saturated heterocycles. The summed E-state index contributed by atoms with van der Waals surface area (Å²) in [7, 11) is 0. The molecule has 5 atom stereocenters. The predicted molar refractivity (Wildman–Crippen MR) is 121 cm³/mol. The minimum Gasteiger partial charge on any atom is -0.455 e. The zero-order valence-electron chi connectivity index (χ0n) is 18.5. The van der Waals surface area contributed by atoms with Crippen LogP contribution < -0.4 is 0 Å². The number of rotatable bonds is 7. The van der Waals surface area contributed by atoms with Gasteiger partial charge in [0.2, 0.25) is 0 Å². The Morgan fingerprint density at radius 1 is 1.00 bits per heavy atom. The van der Waals surface area contributed by atoms with Crippen molar-refractivity contribution in [2.45, 2.75) is 75.7 Å². The standard InChI is InChI=1S/C22H29BrO7S/c1-11(2)17-8-7-15(9-16(17)10-23)18-19(27-12(3)24)20(28-13(4)25)21(29-14(5)26)22(30-18)31-6/h7-9,11,18-22H,10H2,1-6H3/t18-,19-,20+,21-,22+/m0/s1. The molecule has 1 aliphatic rings. The number of halogens is 1. The molecule has 1 aromatic carbocycles. The van der Waals surface area contributed by atoms with E-state index in [-0.39, 0.29) is 0 Å². The van der Waals surface area contributed by atoms with E-state index in [2.05, 4.69) is 29.8 Å². The van der Waals surface area contributed by atoms with Crippen molar-refractivity contribution in [2.75, 3.05) is 6.26 Å². The zero-order valence-corrected chi connectivity index (χ0v) is 20.9. The number of ether oxygens (including phenoxy) is 4. The quantitative estimate of drug-likeness (QED) is 0.301. The van der Waals surface area contributed by atoms with Crippen molar-refractivity contribution in [2.24, 2.45) is 0 Å². The van der Waals surface area contributed by atoms with Crippen molar-refractivity contribution in [1.29, 1.82) is 0 Å². The number of hydrogen-bond donors (Lipinski definition) is 0. The van der Waals surface area contributed by atoms with Gasteiger partial charge in [0.05, 0.1) is 0 Å². The maximum Gasteiger partial charge on any atom is 0.303 e. The largest absolute Gasteiger partial charge is 0.455 e. The van der Waals surface area contributed by atoms with Gasteiger partial charge in [-0.05, 0) is 28.9 Å². The topological polar surface area (TPSA) is 88.1 Å². The molecule has 1 aliphatic heterocycles. The molecule has 0 amide bonds. The Morgan fingerprint density at radius 2 is 1.55 bits per heavy atom. The molecule has 0 unspecified atom stereocenters. The maximum atomic E-state index is 11.9. The average Bonchev–Trinajstić information content (AvgIpc) is 2.68. The molecule has 0 bridgehead atoms. The van der Waals surface area contributed by atoms with Crippen LogP contribution in [0.25, 0.3) is 0 Å². The monoisotopic (exact) mass is 516 g/mol. The van der Waals surface area contributed by atoms with Gasteiger partial charge in [-0.3, -0.25) is 14.4 Å². The van der Waals surface area contributed by atoms with Crippen LogP contribution in [0, 0.1) is 0 Å². The van der Waals surface area contributed by atoms with E-state index in [0.717, 1.165) is 11.1 Å². The third kappa shape index (κ3) is 6.46. The molecule has 2 rings (SSSR count). The lowest BCUT2D eigenvalue weighted by Crippen LogP contribution is -2.57. The second-order valence-electron chi connectivity index (χ2n) is 7.63. The van der Waals surface area contributed by atoms with Crippen molar-refractivity contribution >= 4 is 45.6 Å². The van der Waals surface area contributed by atoms with Gasteiger partial charge in [-0.2, -0.15) is 0 Å². The molecular formula is C22H29BrO7S. The van der Waals surface area contributed by atoms with E-state index in [4.69, 9.17) is 18.9 Å². The summed E-state index contributed by atoms with van der Waals surface area (Å²) in [5.74, 6) is -1.34. The van der Waals surface area contributed by atoms with Gasteiger partial charge in [-0.1, -0.05) is 48.0 Å². The van der Waals surface area contributed by atoms with Gasteiger partial charge in [0.25, 0.3) is 0 Å². The average molecular weight is 517 g/mol. The fraction of sp³-hybridized carbons (Fsp3) is 0.591. The van der Waals surface area contributed by atoms with Crippen LogP contribution in [0.15, 0.2) is 18.2 Å². The van der Waals surface area contributed by atoms with Crippen LogP contribution in [-0.2, 0) is 38.7 Å². The first-order chi connectivity index (χ1) is 14.6. The summed E-state index contributed by atoms with van der Waals surface area (Å²) in [5.41, 5.74) is 2.44. The smallest absolute Gasteiger partial charge is 0.303 e. The molecule has 0 N–H and O–H groups in total. The molecule has 0 spiro atoms. The molecule has 31 heavy (non-hydrogen) atoms. The highest BCUT2D eigenvalue weighted by Gasteiger charge is 2.52. The Hall–Kier alpha value is -1.58. The van der Waals surface area contributed by atoms with Crippen molar-refractivity contribution in [3.05, 3.63) is 34.9 Å². The van der Waals surface area contributed by atoms with Gasteiger partial charge >= 0.3 is 17.9 Å². The van der Waals surface area contributed by atoms with Gasteiger partial charge < -0.3 is 18.9 Å². The third-order valence-electron chi connectivity index (χ3n) is 4.89. The summed E-state index contributed by atoms with van der Waals surface area (Å²) in [6, 6.07) is 5.95. The summed E-state index contributed by atoms with van der Waals surface area (Å²) in [5, 5.41) is 0.648. The molecule has 7 nitrogen and oxygen atoms in total. The summed E-state index contributed by atoms with van der Waals surface area (Å²) < 4.78 is 22.8. The Balaban J connectivity index is 2.57. The summed E-state index contributed by atoms with van der Waals surface area (Å²) in [6.07, 6.45) is -1.83. The predicted octanol–water partition coefficient (Wildman–Crippen LogP) is 4.26. The molecule has 1 aromatic rings. The fourth-order valence-corrected chi connectivity index (χ4v) is 4.91. The van der Waals surface area contributed by atoms with Gasteiger partial charge in [0.15, 0.2) is 18.3 Å². The number of hydrogen-bond acceptors (Lipinski definition) is 8. The van der Waals surface area contributed by atoms with Crippen LogP contribution in [0.4, 0.5) is 0 Å². The van der Waals surface area contributed by atoms with Crippen molar-refractivity contribution < 1.29 is 33.3 Å². The van der Waals surface area contributed by atoms with E-state index < -0.39 is 47.8 Å². The van der Waals surface area contributed by atoms with Crippen LogP contribution in [0.1, 0.15) is 63.3 Å². The lowest BCUT2D eigenvalue weighted by Gasteiger charge is -2.44. The Kier molecular flexibility index (Phi) is 9.39. The van der Waals surface area contributed by atoms with Crippen molar-refractivity contribution in [1.82, 2.24) is 0 Å². The molecule has 9 heteroatoms. The second-order valence-corrected chi connectivity index (χ2v) is 9.13. The Labute approximate surface area is 195 Å². The number of carbonyl (C=O) groups is 3. The van der Waals surface area contributed by atoms with Gasteiger partial charge in [-0.25, -0.2) is 0 Å². The highest BCUT2D eigenvalue weighted by molar-refractivity contribution is 9.08. The van der Waals surface area contributed by atoms with Crippen molar-refractivity contribution in [3.8, 4) is 0 Å². The highest BCUT2D eigenvalue weighted by atomic mass is 79.9. The number of carbonyl (C=O) groups excluding carboxylic acids is 3. The molecule has 0 saturated carbocycles. The highest BCUT2D eigenvalue weighted by Crippen LogP contribution is 2.41. The number of benzene rings is 1. The molecule has 0 aliphatic carbocycles. The molecule has 1 fully saturated rings. The summed E-state index contributed by atoms with van der Waals surface area (Å²) in [6.45, 7) is 8.03. The number of alkyl halides is 1. The minimum absolute atomic E-state index is 0.333. The van der Waals surface area contributed by atoms with E-state index in [1.165, 1.54) is 38.1 Å². The SMILES string of the molecule is CS[C@H]1O[C@@H](c2ccc(C(C)C)c(CBr)c2)[C@H](OC(C)=O)[C@@H](OC(C)=O)[C@@H]1OC(C)=O. The number of thioether (sulfide) groups is 1. The fourth-order valence-electron chi connectivity index (χ4n) is 3.71. The lowest BCUT2D eigenvalue weighted by atomic mass is 9.90. The van der Waals surface area contributed by atoms with E-state index in [9.17, 15) is 14.4 Å². The molecular weight excluding hydrogens is 488 g/mol. The van der Waals surface area contributed by atoms with Crippen molar-refractivity contribution in [3.63, 3.8) is 0 Å².